The monoisotopic (exact) mass is 254 g/mol. The number of H-pyrrole nitrogens is 1. The summed E-state index contributed by atoms with van der Waals surface area (Å²) < 4.78 is 0. The van der Waals surface area contributed by atoms with Gasteiger partial charge in [-0.25, -0.2) is 9.78 Å². The molecule has 1 unspecified atom stereocenters. The molecule has 1 aromatic rings. The largest absolute Gasteiger partial charge is 0.481 e. The van der Waals surface area contributed by atoms with Gasteiger partial charge >= 0.3 is 12.0 Å². The highest BCUT2D eigenvalue weighted by atomic mass is 16.4. The van der Waals surface area contributed by atoms with Crippen LogP contribution in [0.25, 0.3) is 0 Å². The van der Waals surface area contributed by atoms with E-state index in [2.05, 4.69) is 20.6 Å². The van der Waals surface area contributed by atoms with Crippen LogP contribution in [-0.2, 0) is 11.2 Å². The van der Waals surface area contributed by atoms with E-state index in [1.807, 2.05) is 0 Å². The number of aromatic nitrogens is 2. The predicted molar refractivity (Wildman–Crippen MR) is 65.1 cm³/mol. The number of nitrogens with one attached hydrogen (secondary N) is 3. The van der Waals surface area contributed by atoms with Crippen molar-refractivity contribution in [3.05, 3.63) is 18.2 Å². The average Bonchev–Trinajstić information content (AvgIpc) is 2.81. The fourth-order valence-corrected chi connectivity index (χ4v) is 1.32. The summed E-state index contributed by atoms with van der Waals surface area (Å²) in [5, 5.41) is 13.9. The number of aromatic amines is 1. The standard InChI is InChI=1S/C11H18N4O3/c1-8(10(16)17)2-4-14-11(18)15-5-3-9-12-6-7-13-9/h6-8H,2-5H2,1H3,(H,12,13)(H,16,17)(H2,14,15,18). The molecule has 0 aromatic carbocycles. The molecule has 100 valence electrons. The Bertz CT molecular complexity index is 378. The first-order valence-corrected chi connectivity index (χ1v) is 5.82. The Balaban J connectivity index is 2.05. The van der Waals surface area contributed by atoms with Crippen molar-refractivity contribution in [2.45, 2.75) is 19.8 Å². The molecule has 0 fully saturated rings. The molecule has 0 aliphatic rings. The maximum Gasteiger partial charge on any atom is 0.314 e. The third kappa shape index (κ3) is 5.33. The van der Waals surface area contributed by atoms with Crippen molar-refractivity contribution >= 4 is 12.0 Å². The molecule has 0 aliphatic heterocycles. The Morgan fingerprint density at radius 1 is 1.44 bits per heavy atom. The molecular formula is C11H18N4O3. The van der Waals surface area contributed by atoms with Crippen LogP contribution < -0.4 is 10.6 Å². The average molecular weight is 254 g/mol. The summed E-state index contributed by atoms with van der Waals surface area (Å²) in [5.41, 5.74) is 0. The summed E-state index contributed by atoms with van der Waals surface area (Å²) in [7, 11) is 0. The number of rotatable bonds is 7. The zero-order valence-corrected chi connectivity index (χ0v) is 10.3. The van der Waals surface area contributed by atoms with Crippen molar-refractivity contribution in [3.8, 4) is 0 Å². The normalized spacial score (nSPS) is 11.8. The van der Waals surface area contributed by atoms with E-state index in [1.165, 1.54) is 0 Å². The first kappa shape index (κ1) is 14.0. The van der Waals surface area contributed by atoms with Gasteiger partial charge in [-0.05, 0) is 6.42 Å². The number of urea groups is 1. The Hall–Kier alpha value is -2.05. The van der Waals surface area contributed by atoms with Gasteiger partial charge in [0.05, 0.1) is 5.92 Å². The van der Waals surface area contributed by atoms with E-state index in [0.29, 0.717) is 25.9 Å². The minimum absolute atomic E-state index is 0.292. The zero-order valence-electron chi connectivity index (χ0n) is 10.3. The maximum absolute atomic E-state index is 11.3. The molecule has 0 spiro atoms. The molecule has 0 saturated carbocycles. The van der Waals surface area contributed by atoms with Crippen molar-refractivity contribution in [1.82, 2.24) is 20.6 Å². The van der Waals surface area contributed by atoms with Gasteiger partial charge in [-0.2, -0.15) is 0 Å². The van der Waals surface area contributed by atoms with E-state index in [-0.39, 0.29) is 6.03 Å². The van der Waals surface area contributed by atoms with Crippen molar-refractivity contribution in [3.63, 3.8) is 0 Å². The van der Waals surface area contributed by atoms with Crippen LogP contribution >= 0.6 is 0 Å². The van der Waals surface area contributed by atoms with Crippen molar-refractivity contribution < 1.29 is 14.7 Å². The number of nitrogens with zero attached hydrogens (tertiary/aromatic N) is 1. The summed E-state index contributed by atoms with van der Waals surface area (Å²) in [6.45, 7) is 2.44. The second kappa shape index (κ2) is 7.31. The number of aliphatic carboxylic acids is 1. The summed E-state index contributed by atoms with van der Waals surface area (Å²) in [6, 6.07) is -0.292. The van der Waals surface area contributed by atoms with Crippen LogP contribution in [0.3, 0.4) is 0 Å². The van der Waals surface area contributed by atoms with Crippen LogP contribution in [-0.4, -0.2) is 40.2 Å². The molecule has 1 atom stereocenters. The third-order valence-electron chi connectivity index (χ3n) is 2.49. The topological polar surface area (TPSA) is 107 Å². The molecule has 18 heavy (non-hydrogen) atoms. The number of amides is 2. The lowest BCUT2D eigenvalue weighted by Gasteiger charge is -2.08. The highest BCUT2D eigenvalue weighted by molar-refractivity contribution is 5.74. The van der Waals surface area contributed by atoms with Crippen LogP contribution in [0.2, 0.25) is 0 Å². The highest BCUT2D eigenvalue weighted by Gasteiger charge is 2.10. The van der Waals surface area contributed by atoms with E-state index in [9.17, 15) is 9.59 Å². The van der Waals surface area contributed by atoms with E-state index in [1.54, 1.807) is 19.3 Å². The fourth-order valence-electron chi connectivity index (χ4n) is 1.32. The second-order valence-electron chi connectivity index (χ2n) is 4.00. The molecule has 1 aromatic heterocycles. The molecule has 7 heteroatoms. The molecule has 7 nitrogen and oxygen atoms in total. The lowest BCUT2D eigenvalue weighted by molar-refractivity contribution is -0.141. The Labute approximate surface area is 105 Å². The quantitative estimate of drug-likeness (QED) is 0.563. The minimum Gasteiger partial charge on any atom is -0.481 e. The first-order valence-electron chi connectivity index (χ1n) is 5.82. The van der Waals surface area contributed by atoms with Crippen LogP contribution in [0.4, 0.5) is 4.79 Å². The second-order valence-corrected chi connectivity index (χ2v) is 4.00. The summed E-state index contributed by atoms with van der Waals surface area (Å²) in [4.78, 5) is 28.8. The molecule has 0 bridgehead atoms. The number of carbonyl (C=O) groups excluding carboxylic acids is 1. The molecule has 4 N–H and O–H groups in total. The minimum atomic E-state index is -0.852. The Kier molecular flexibility index (Phi) is 5.69. The highest BCUT2D eigenvalue weighted by Crippen LogP contribution is 1.99. The van der Waals surface area contributed by atoms with Gasteiger partial charge in [-0.3, -0.25) is 4.79 Å². The van der Waals surface area contributed by atoms with Crippen molar-refractivity contribution in [2.75, 3.05) is 13.1 Å². The predicted octanol–water partition coefficient (Wildman–Crippen LogP) is 0.362. The number of carboxylic acids is 1. The van der Waals surface area contributed by atoms with Gasteiger partial charge in [-0.1, -0.05) is 6.92 Å². The van der Waals surface area contributed by atoms with E-state index in [4.69, 9.17) is 5.11 Å². The lowest BCUT2D eigenvalue weighted by atomic mass is 10.1. The Morgan fingerprint density at radius 3 is 2.78 bits per heavy atom. The number of imidazole rings is 1. The van der Waals surface area contributed by atoms with Crippen LogP contribution in [0.15, 0.2) is 12.4 Å². The SMILES string of the molecule is CC(CCNC(=O)NCCc1ncc[nH]1)C(=O)O. The van der Waals surface area contributed by atoms with Gasteiger partial charge in [-0.15, -0.1) is 0 Å². The maximum atomic E-state index is 11.3. The van der Waals surface area contributed by atoms with E-state index >= 15 is 0 Å². The molecule has 1 heterocycles. The number of carboxylic acid groups (broad SMARTS) is 1. The zero-order chi connectivity index (χ0) is 13.4. The van der Waals surface area contributed by atoms with Crippen molar-refractivity contribution in [2.24, 2.45) is 5.92 Å². The molecule has 0 aliphatic carbocycles. The van der Waals surface area contributed by atoms with Gasteiger partial charge in [0.25, 0.3) is 0 Å². The number of hydrogen-bond acceptors (Lipinski definition) is 3. The van der Waals surface area contributed by atoms with Crippen LogP contribution in [0.5, 0.6) is 0 Å². The van der Waals surface area contributed by atoms with Crippen LogP contribution in [0.1, 0.15) is 19.2 Å². The summed E-state index contributed by atoms with van der Waals surface area (Å²) >= 11 is 0. The van der Waals surface area contributed by atoms with Gasteiger partial charge in [0.15, 0.2) is 0 Å². The van der Waals surface area contributed by atoms with E-state index < -0.39 is 11.9 Å². The van der Waals surface area contributed by atoms with Crippen molar-refractivity contribution in [1.29, 1.82) is 0 Å². The Morgan fingerprint density at radius 2 is 2.17 bits per heavy atom. The molecule has 1 rings (SSSR count). The van der Waals surface area contributed by atoms with Crippen LogP contribution in [0, 0.1) is 5.92 Å². The summed E-state index contributed by atoms with van der Waals surface area (Å²) in [5.74, 6) is -0.488. The van der Waals surface area contributed by atoms with Gasteiger partial charge < -0.3 is 20.7 Å². The fraction of sp³-hybridized carbons (Fsp3) is 0.545. The lowest BCUT2D eigenvalue weighted by Crippen LogP contribution is -2.37. The van der Waals surface area contributed by atoms with Gasteiger partial charge in [0.1, 0.15) is 5.82 Å². The smallest absolute Gasteiger partial charge is 0.314 e. The number of hydrogen-bond donors (Lipinski definition) is 4. The first-order chi connectivity index (χ1) is 8.59. The molecule has 0 radical (unpaired) electrons. The summed E-state index contributed by atoms with van der Waals surface area (Å²) in [6.07, 6.45) is 4.43. The third-order valence-corrected chi connectivity index (χ3v) is 2.49. The molecule has 0 saturated heterocycles. The molecular weight excluding hydrogens is 236 g/mol. The van der Waals surface area contributed by atoms with Gasteiger partial charge in [0, 0.05) is 31.9 Å². The van der Waals surface area contributed by atoms with E-state index in [0.717, 1.165) is 5.82 Å². The molecule has 2 amide bonds. The number of carbonyl (C=O) groups is 2. The van der Waals surface area contributed by atoms with Gasteiger partial charge in [0.2, 0.25) is 0 Å².